The number of carbonyl (C=O) groups is 1. The molecule has 0 unspecified atom stereocenters. The summed E-state index contributed by atoms with van der Waals surface area (Å²) in [5.74, 6) is 0.113. The first kappa shape index (κ1) is 22.6. The normalized spacial score (nSPS) is 11.8. The average molecular weight is 418 g/mol. The summed E-state index contributed by atoms with van der Waals surface area (Å²) in [7, 11) is -2.43. The average Bonchev–Trinajstić information content (AvgIpc) is 2.62. The fourth-order valence-electron chi connectivity index (χ4n) is 3.10. The Morgan fingerprint density at radius 1 is 1.17 bits per heavy atom. The molecule has 0 aliphatic heterocycles. The monoisotopic (exact) mass is 417 g/mol. The van der Waals surface area contributed by atoms with E-state index in [-0.39, 0.29) is 11.4 Å². The Hall–Kier alpha value is -2.71. The Balaban J connectivity index is 2.07. The SMILES string of the molecule is CCOc1ccccc1/C=N\NC(=O)CN(C)S(=O)(=O)c1c(C)cc(C)cc1C. The Bertz CT molecular complexity index is 993. The van der Waals surface area contributed by atoms with Gasteiger partial charge in [0.2, 0.25) is 10.0 Å². The Labute approximate surface area is 172 Å². The van der Waals surface area contributed by atoms with Crippen LogP contribution in [-0.4, -0.2) is 45.0 Å². The van der Waals surface area contributed by atoms with Crippen molar-refractivity contribution in [3.63, 3.8) is 0 Å². The summed E-state index contributed by atoms with van der Waals surface area (Å²) < 4.78 is 32.4. The number of ether oxygens (including phenoxy) is 1. The molecule has 0 spiro atoms. The molecule has 8 heteroatoms. The van der Waals surface area contributed by atoms with Crippen molar-refractivity contribution in [2.24, 2.45) is 5.10 Å². The minimum atomic E-state index is -3.80. The van der Waals surface area contributed by atoms with Crippen molar-refractivity contribution in [3.8, 4) is 5.75 Å². The maximum absolute atomic E-state index is 12.9. The van der Waals surface area contributed by atoms with Gasteiger partial charge in [0, 0.05) is 12.6 Å². The first-order chi connectivity index (χ1) is 13.7. The minimum absolute atomic E-state index is 0.229. The van der Waals surface area contributed by atoms with Gasteiger partial charge in [-0.25, -0.2) is 13.8 Å². The van der Waals surface area contributed by atoms with E-state index in [2.05, 4.69) is 10.5 Å². The highest BCUT2D eigenvalue weighted by atomic mass is 32.2. The quantitative estimate of drug-likeness (QED) is 0.528. The topological polar surface area (TPSA) is 88.1 Å². The molecule has 0 aromatic heterocycles. The van der Waals surface area contributed by atoms with Crippen LogP contribution in [0.5, 0.6) is 5.75 Å². The highest BCUT2D eigenvalue weighted by Crippen LogP contribution is 2.24. The third kappa shape index (κ3) is 5.65. The Morgan fingerprint density at radius 2 is 1.79 bits per heavy atom. The van der Waals surface area contributed by atoms with Gasteiger partial charge in [-0.15, -0.1) is 0 Å². The molecule has 0 radical (unpaired) electrons. The lowest BCUT2D eigenvalue weighted by Crippen LogP contribution is -2.37. The number of carbonyl (C=O) groups excluding carboxylic acids is 1. The van der Waals surface area contributed by atoms with Crippen molar-refractivity contribution in [1.29, 1.82) is 0 Å². The second-order valence-corrected chi connectivity index (χ2v) is 8.73. The van der Waals surface area contributed by atoms with Crippen LogP contribution in [0.2, 0.25) is 0 Å². The molecule has 0 heterocycles. The molecule has 0 bridgehead atoms. The molecule has 1 amide bonds. The molecule has 7 nitrogen and oxygen atoms in total. The number of hydrogen-bond acceptors (Lipinski definition) is 5. The van der Waals surface area contributed by atoms with Gasteiger partial charge in [0.25, 0.3) is 5.91 Å². The third-order valence-corrected chi connectivity index (χ3v) is 6.36. The molecule has 0 aliphatic rings. The van der Waals surface area contributed by atoms with E-state index < -0.39 is 15.9 Å². The molecule has 156 valence electrons. The number of nitrogens with zero attached hydrogens (tertiary/aromatic N) is 2. The summed E-state index contributed by atoms with van der Waals surface area (Å²) in [6.07, 6.45) is 1.46. The van der Waals surface area contributed by atoms with Crippen LogP contribution in [0.1, 0.15) is 29.2 Å². The summed E-state index contributed by atoms with van der Waals surface area (Å²) in [4.78, 5) is 12.4. The van der Waals surface area contributed by atoms with Crippen molar-refractivity contribution < 1.29 is 17.9 Å². The van der Waals surface area contributed by atoms with Gasteiger partial charge in [0.05, 0.1) is 24.3 Å². The number of nitrogens with one attached hydrogen (secondary N) is 1. The second-order valence-electron chi connectivity index (χ2n) is 6.75. The Kier molecular flexibility index (Phi) is 7.53. The highest BCUT2D eigenvalue weighted by molar-refractivity contribution is 7.89. The van der Waals surface area contributed by atoms with Gasteiger partial charge in [0.15, 0.2) is 0 Å². The third-order valence-electron chi connectivity index (χ3n) is 4.25. The van der Waals surface area contributed by atoms with Gasteiger partial charge in [-0.3, -0.25) is 4.79 Å². The fourth-order valence-corrected chi connectivity index (χ4v) is 4.63. The van der Waals surface area contributed by atoms with Gasteiger partial charge in [-0.2, -0.15) is 9.41 Å². The molecule has 1 N–H and O–H groups in total. The van der Waals surface area contributed by atoms with Crippen LogP contribution in [0.4, 0.5) is 0 Å². The predicted octanol–water partition coefficient (Wildman–Crippen LogP) is 2.78. The number of hydrogen-bond donors (Lipinski definition) is 1. The number of likely N-dealkylation sites (N-methyl/N-ethyl adjacent to an activating group) is 1. The van der Waals surface area contributed by atoms with Gasteiger partial charge >= 0.3 is 0 Å². The zero-order chi connectivity index (χ0) is 21.6. The van der Waals surface area contributed by atoms with Crippen LogP contribution in [-0.2, 0) is 14.8 Å². The molecule has 2 aromatic carbocycles. The van der Waals surface area contributed by atoms with E-state index in [4.69, 9.17) is 4.74 Å². The minimum Gasteiger partial charge on any atom is -0.493 e. The maximum atomic E-state index is 12.9. The van der Waals surface area contributed by atoms with Crippen LogP contribution in [0.15, 0.2) is 46.4 Å². The molecule has 0 aliphatic carbocycles. The van der Waals surface area contributed by atoms with Gasteiger partial charge in [0.1, 0.15) is 5.75 Å². The smallest absolute Gasteiger partial charge is 0.255 e. The van der Waals surface area contributed by atoms with Crippen LogP contribution < -0.4 is 10.2 Å². The summed E-state index contributed by atoms with van der Waals surface area (Å²) in [6.45, 7) is 7.46. The second kappa shape index (κ2) is 9.67. The lowest BCUT2D eigenvalue weighted by molar-refractivity contribution is -0.121. The molecule has 0 saturated heterocycles. The molecule has 0 atom stereocenters. The van der Waals surface area contributed by atoms with E-state index in [1.165, 1.54) is 13.3 Å². The van der Waals surface area contributed by atoms with Crippen LogP contribution in [0.3, 0.4) is 0 Å². The molecule has 0 fully saturated rings. The summed E-state index contributed by atoms with van der Waals surface area (Å²) in [5, 5.41) is 3.91. The number of sulfonamides is 1. The highest BCUT2D eigenvalue weighted by Gasteiger charge is 2.26. The number of benzene rings is 2. The molecule has 2 aromatic rings. The Morgan fingerprint density at radius 3 is 2.41 bits per heavy atom. The first-order valence-electron chi connectivity index (χ1n) is 9.24. The van der Waals surface area contributed by atoms with Gasteiger partial charge in [-0.1, -0.05) is 29.8 Å². The van der Waals surface area contributed by atoms with E-state index in [0.717, 1.165) is 9.87 Å². The molecular weight excluding hydrogens is 390 g/mol. The van der Waals surface area contributed by atoms with E-state index >= 15 is 0 Å². The molecule has 0 saturated carbocycles. The molecule has 2 rings (SSSR count). The van der Waals surface area contributed by atoms with Crippen molar-refractivity contribution in [1.82, 2.24) is 9.73 Å². The largest absolute Gasteiger partial charge is 0.493 e. The van der Waals surface area contributed by atoms with Gasteiger partial charge < -0.3 is 4.74 Å². The summed E-state index contributed by atoms with van der Waals surface area (Å²) in [6, 6.07) is 10.9. The maximum Gasteiger partial charge on any atom is 0.255 e. The van der Waals surface area contributed by atoms with Crippen molar-refractivity contribution in [2.75, 3.05) is 20.2 Å². The fraction of sp³-hybridized carbons (Fsp3) is 0.333. The zero-order valence-corrected chi connectivity index (χ0v) is 18.2. The molecule has 29 heavy (non-hydrogen) atoms. The van der Waals surface area contributed by atoms with Crippen LogP contribution in [0, 0.1) is 20.8 Å². The van der Waals surface area contributed by atoms with E-state index in [9.17, 15) is 13.2 Å². The van der Waals surface area contributed by atoms with E-state index in [1.54, 1.807) is 26.0 Å². The van der Waals surface area contributed by atoms with Crippen molar-refractivity contribution in [2.45, 2.75) is 32.6 Å². The lowest BCUT2D eigenvalue weighted by atomic mass is 10.1. The zero-order valence-electron chi connectivity index (χ0n) is 17.4. The lowest BCUT2D eigenvalue weighted by Gasteiger charge is -2.19. The number of aryl methyl sites for hydroxylation is 3. The molecular formula is C21H27N3O4S. The van der Waals surface area contributed by atoms with Crippen molar-refractivity contribution in [3.05, 3.63) is 58.7 Å². The summed E-state index contributed by atoms with van der Waals surface area (Å²) in [5.41, 5.74) is 5.37. The van der Waals surface area contributed by atoms with Crippen molar-refractivity contribution >= 4 is 22.1 Å². The van der Waals surface area contributed by atoms with Crippen LogP contribution >= 0.6 is 0 Å². The number of para-hydroxylation sites is 1. The number of rotatable bonds is 8. The first-order valence-corrected chi connectivity index (χ1v) is 10.7. The predicted molar refractivity (Wildman–Crippen MR) is 114 cm³/mol. The standard InChI is InChI=1S/C21H27N3O4S/c1-6-28-19-10-8-7-9-18(19)13-22-23-20(25)14-24(5)29(26,27)21-16(3)11-15(2)12-17(21)4/h7-13H,6,14H2,1-5H3,(H,23,25)/b22-13-. The van der Waals surface area contributed by atoms with Gasteiger partial charge in [-0.05, 0) is 51.0 Å². The van der Waals surface area contributed by atoms with E-state index in [0.29, 0.717) is 29.0 Å². The van der Waals surface area contributed by atoms with Crippen LogP contribution in [0.25, 0.3) is 0 Å². The number of hydrazone groups is 1. The summed E-state index contributed by atoms with van der Waals surface area (Å²) >= 11 is 0. The number of amides is 1. The van der Waals surface area contributed by atoms with E-state index in [1.807, 2.05) is 38.1 Å².